The molecule has 17 heavy (non-hydrogen) atoms. The smallest absolute Gasteiger partial charge is 0.328 e. The van der Waals surface area contributed by atoms with Gasteiger partial charge < -0.3 is 15.9 Å². The van der Waals surface area contributed by atoms with Crippen LogP contribution in [0.5, 0.6) is 0 Å². The maximum absolute atomic E-state index is 10.1. The van der Waals surface area contributed by atoms with Gasteiger partial charge in [0.1, 0.15) is 5.82 Å². The molecule has 0 atom stereocenters. The van der Waals surface area contributed by atoms with Crippen molar-refractivity contribution in [1.82, 2.24) is 4.98 Å². The summed E-state index contributed by atoms with van der Waals surface area (Å²) in [5, 5.41) is 15.9. The Kier molecular flexibility index (Phi) is 6.45. The summed E-state index contributed by atoms with van der Waals surface area (Å²) in [4.78, 5) is 23.1. The topological polar surface area (TPSA) is 114 Å². The molecule has 4 N–H and O–H groups in total. The monoisotopic (exact) mass is 236 g/mol. The molecule has 0 spiro atoms. The minimum Gasteiger partial charge on any atom is -0.478 e. The van der Waals surface area contributed by atoms with E-state index in [1.165, 1.54) is 12.3 Å². The number of carbonyl (C=O) groups is 2. The highest BCUT2D eigenvalue weighted by Gasteiger charge is 1.89. The van der Waals surface area contributed by atoms with Gasteiger partial charge in [-0.25, -0.2) is 14.6 Å². The first-order valence-electron chi connectivity index (χ1n) is 4.43. The van der Waals surface area contributed by atoms with Crippen LogP contribution in [0.2, 0.25) is 0 Å². The summed E-state index contributed by atoms with van der Waals surface area (Å²) >= 11 is 0. The van der Waals surface area contributed by atoms with Gasteiger partial charge in [-0.05, 0) is 23.8 Å². The molecule has 0 amide bonds. The minimum absolute atomic E-state index is 0.419. The lowest BCUT2D eigenvalue weighted by atomic mass is 10.2. The van der Waals surface area contributed by atoms with Crippen LogP contribution in [0.1, 0.15) is 5.56 Å². The van der Waals surface area contributed by atoms with Gasteiger partial charge in [-0.2, -0.15) is 0 Å². The maximum Gasteiger partial charge on any atom is 0.328 e. The number of hydrogen-bond donors (Lipinski definition) is 3. The van der Waals surface area contributed by atoms with Crippen molar-refractivity contribution in [2.75, 3.05) is 5.73 Å². The van der Waals surface area contributed by atoms with E-state index < -0.39 is 11.9 Å². The average molecular weight is 236 g/mol. The third-order valence-corrected chi connectivity index (χ3v) is 1.40. The number of nitrogens with zero attached hydrogens (tertiary/aromatic N) is 1. The molecule has 6 nitrogen and oxygen atoms in total. The van der Waals surface area contributed by atoms with E-state index in [9.17, 15) is 9.59 Å². The second kappa shape index (κ2) is 7.63. The van der Waals surface area contributed by atoms with Gasteiger partial charge in [0, 0.05) is 18.3 Å². The van der Waals surface area contributed by atoms with E-state index >= 15 is 0 Å². The number of anilines is 1. The number of nitrogen functional groups attached to an aromatic ring is 1. The van der Waals surface area contributed by atoms with Crippen molar-refractivity contribution in [2.45, 2.75) is 0 Å². The predicted molar refractivity (Wildman–Crippen MR) is 63.2 cm³/mol. The molecule has 1 heterocycles. The quantitative estimate of drug-likeness (QED) is 0.675. The zero-order chi connectivity index (χ0) is 13.3. The van der Waals surface area contributed by atoms with E-state index in [4.69, 9.17) is 15.9 Å². The van der Waals surface area contributed by atoms with Crippen LogP contribution in [0, 0.1) is 0 Å². The highest BCUT2D eigenvalue weighted by atomic mass is 16.4. The fraction of sp³-hybridized carbons (Fsp3) is 0. The number of pyridine rings is 1. The van der Waals surface area contributed by atoms with Crippen LogP contribution >= 0.6 is 0 Å². The molecular weight excluding hydrogens is 224 g/mol. The fourth-order valence-corrected chi connectivity index (χ4v) is 0.683. The third-order valence-electron chi connectivity index (χ3n) is 1.40. The van der Waals surface area contributed by atoms with Crippen LogP contribution in [0.15, 0.2) is 37.1 Å². The van der Waals surface area contributed by atoms with Crippen LogP contribution in [-0.4, -0.2) is 27.1 Å². The van der Waals surface area contributed by atoms with Crippen molar-refractivity contribution in [2.24, 2.45) is 0 Å². The largest absolute Gasteiger partial charge is 0.478 e. The molecule has 0 bridgehead atoms. The third kappa shape index (κ3) is 8.37. The molecule has 0 aliphatic rings. The van der Waals surface area contributed by atoms with E-state index in [0.29, 0.717) is 11.4 Å². The van der Waals surface area contributed by atoms with Crippen molar-refractivity contribution in [3.63, 3.8) is 0 Å². The molecule has 1 aromatic rings. The van der Waals surface area contributed by atoms with Crippen LogP contribution in [-0.2, 0) is 9.59 Å². The first-order chi connectivity index (χ1) is 7.95. The van der Waals surface area contributed by atoms with Gasteiger partial charge in [-0.3, -0.25) is 0 Å². The van der Waals surface area contributed by atoms with E-state index in [0.717, 1.165) is 12.2 Å². The molecule has 0 radical (unpaired) electrons. The molecule has 0 saturated carbocycles. The number of aromatic nitrogens is 1. The zero-order valence-corrected chi connectivity index (χ0v) is 8.91. The Hall–Kier alpha value is -2.63. The Morgan fingerprint density at radius 3 is 2.24 bits per heavy atom. The number of carboxylic acid groups (broad SMARTS) is 2. The number of aliphatic carboxylic acids is 2. The number of carboxylic acids is 2. The zero-order valence-electron chi connectivity index (χ0n) is 8.91. The molecule has 0 aliphatic carbocycles. The van der Waals surface area contributed by atoms with Crippen LogP contribution in [0.3, 0.4) is 0 Å². The molecule has 0 unspecified atom stereocenters. The normalized spacial score (nSPS) is 9.18. The lowest BCUT2D eigenvalue weighted by Crippen LogP contribution is -1.89. The summed E-state index contributed by atoms with van der Waals surface area (Å²) in [5.74, 6) is -1.54. The molecule has 0 saturated heterocycles. The van der Waals surface area contributed by atoms with Gasteiger partial charge in [0.15, 0.2) is 0 Å². The van der Waals surface area contributed by atoms with Crippen molar-refractivity contribution in [3.8, 4) is 0 Å². The predicted octanol–water partition coefficient (Wildman–Crippen LogP) is 1.02. The first-order valence-corrected chi connectivity index (χ1v) is 4.43. The van der Waals surface area contributed by atoms with E-state index in [-0.39, 0.29) is 0 Å². The molecule has 90 valence electrons. The summed E-state index contributed by atoms with van der Waals surface area (Å²) in [6.07, 6.45) is 4.84. The number of hydrogen-bond acceptors (Lipinski definition) is 4. The Balaban J connectivity index is 0.000000437. The van der Waals surface area contributed by atoms with Crippen molar-refractivity contribution in [3.05, 3.63) is 42.6 Å². The lowest BCUT2D eigenvalue weighted by molar-refractivity contribution is -0.132. The summed E-state index contributed by atoms with van der Waals surface area (Å²) in [6.45, 7) is 2.96. The Bertz CT molecular complexity index is 424. The van der Waals surface area contributed by atoms with Crippen LogP contribution in [0.25, 0.3) is 6.08 Å². The van der Waals surface area contributed by atoms with Gasteiger partial charge >= 0.3 is 11.9 Å². The van der Waals surface area contributed by atoms with Crippen LogP contribution < -0.4 is 5.73 Å². The molecule has 0 aromatic carbocycles. The van der Waals surface area contributed by atoms with Crippen molar-refractivity contribution >= 4 is 23.8 Å². The molecular formula is C11H12N2O4. The molecule has 6 heteroatoms. The minimum atomic E-state index is -0.981. The van der Waals surface area contributed by atoms with Gasteiger partial charge in [0.25, 0.3) is 0 Å². The molecule has 1 aromatic heterocycles. The number of nitrogens with two attached hydrogens (primary N) is 1. The average Bonchev–Trinajstić information content (AvgIpc) is 2.29. The van der Waals surface area contributed by atoms with Gasteiger partial charge in [0.2, 0.25) is 0 Å². The van der Waals surface area contributed by atoms with Crippen LogP contribution in [0.4, 0.5) is 5.82 Å². The Labute approximate surface area is 97.7 Å². The number of rotatable bonds is 3. The fourth-order valence-electron chi connectivity index (χ4n) is 0.683. The standard InChI is InChI=1S/C8H8N2O2.C3H4O2/c9-7-3-1-6(5-10-7)2-4-8(11)12;1-2-3(4)5/h1-5H,(H2,9,10)(H,11,12);2H,1H2,(H,4,5)/b4-2+;. The van der Waals surface area contributed by atoms with Gasteiger partial charge in [0.05, 0.1) is 0 Å². The molecule has 0 aliphatic heterocycles. The summed E-state index contributed by atoms with van der Waals surface area (Å²) in [7, 11) is 0. The van der Waals surface area contributed by atoms with E-state index in [1.54, 1.807) is 12.1 Å². The second-order valence-corrected chi connectivity index (χ2v) is 2.73. The van der Waals surface area contributed by atoms with Crippen molar-refractivity contribution in [1.29, 1.82) is 0 Å². The molecule has 1 rings (SSSR count). The summed E-state index contributed by atoms with van der Waals surface area (Å²) in [6, 6.07) is 3.31. The van der Waals surface area contributed by atoms with Gasteiger partial charge in [-0.1, -0.05) is 6.58 Å². The van der Waals surface area contributed by atoms with Gasteiger partial charge in [-0.15, -0.1) is 0 Å². The highest BCUT2D eigenvalue weighted by molar-refractivity contribution is 5.85. The second-order valence-electron chi connectivity index (χ2n) is 2.73. The molecule has 0 fully saturated rings. The maximum atomic E-state index is 10.1. The first kappa shape index (κ1) is 14.4. The Morgan fingerprint density at radius 2 is 1.88 bits per heavy atom. The van der Waals surface area contributed by atoms with E-state index in [1.807, 2.05) is 0 Å². The van der Waals surface area contributed by atoms with Crippen molar-refractivity contribution < 1.29 is 19.8 Å². The van der Waals surface area contributed by atoms with E-state index in [2.05, 4.69) is 11.6 Å². The summed E-state index contributed by atoms with van der Waals surface area (Å²) < 4.78 is 0. The SMILES string of the molecule is C=CC(=O)O.Nc1ccc(/C=C/C(=O)O)cn1. The lowest BCUT2D eigenvalue weighted by Gasteiger charge is -1.92. The summed E-state index contributed by atoms with van der Waals surface area (Å²) in [5.41, 5.74) is 6.05. The Morgan fingerprint density at radius 1 is 1.29 bits per heavy atom. The highest BCUT2D eigenvalue weighted by Crippen LogP contribution is 2.02.